The van der Waals surface area contributed by atoms with Gasteiger partial charge in [-0.2, -0.15) is 0 Å². The Bertz CT molecular complexity index is 857. The third-order valence-corrected chi connectivity index (χ3v) is 7.45. The molecule has 2 N–H and O–H groups in total. The van der Waals surface area contributed by atoms with Gasteiger partial charge in [0.05, 0.1) is 4.90 Å². The molecule has 1 aliphatic heterocycles. The normalized spacial score (nSPS) is 16.2. The van der Waals surface area contributed by atoms with E-state index in [1.165, 1.54) is 12.1 Å². The molecule has 1 saturated heterocycles. The van der Waals surface area contributed by atoms with Crippen LogP contribution in [0.15, 0.2) is 46.7 Å². The van der Waals surface area contributed by atoms with E-state index < -0.39 is 10.0 Å². The van der Waals surface area contributed by atoms with Gasteiger partial charge < -0.3 is 10.2 Å². The largest absolute Gasteiger partial charge is 0.349 e. The quantitative estimate of drug-likeness (QED) is 0.686. The first-order valence-corrected chi connectivity index (χ1v) is 12.0. The minimum atomic E-state index is -3.57. The highest BCUT2D eigenvalue weighted by Crippen LogP contribution is 2.14. The van der Waals surface area contributed by atoms with E-state index in [-0.39, 0.29) is 16.8 Å². The van der Waals surface area contributed by atoms with Gasteiger partial charge in [0.25, 0.3) is 5.91 Å². The maximum atomic E-state index is 12.4. The number of hydrogen-bond acceptors (Lipinski definition) is 5. The fourth-order valence-electron chi connectivity index (χ4n) is 3.29. The summed E-state index contributed by atoms with van der Waals surface area (Å²) in [6.45, 7) is 5.52. The molecule has 0 spiro atoms. The number of thiophene rings is 1. The van der Waals surface area contributed by atoms with Crippen LogP contribution in [0.2, 0.25) is 0 Å². The smallest absolute Gasteiger partial charge is 0.251 e. The number of nitrogens with zero attached hydrogens (tertiary/aromatic N) is 1. The third kappa shape index (κ3) is 5.64. The summed E-state index contributed by atoms with van der Waals surface area (Å²) < 4.78 is 27.4. The molecule has 1 aliphatic rings. The number of likely N-dealkylation sites (tertiary alicyclic amines) is 1. The van der Waals surface area contributed by atoms with Gasteiger partial charge in [-0.25, -0.2) is 13.1 Å². The lowest BCUT2D eigenvalue weighted by Crippen LogP contribution is -2.44. The molecular weight excluding hydrogens is 394 g/mol. The molecule has 8 heteroatoms. The minimum absolute atomic E-state index is 0.149. The predicted octanol–water partition coefficient (Wildman–Crippen LogP) is 2.48. The van der Waals surface area contributed by atoms with Gasteiger partial charge in [-0.1, -0.05) is 13.0 Å². The van der Waals surface area contributed by atoms with Crippen LogP contribution in [-0.4, -0.2) is 51.4 Å². The second-order valence-electron chi connectivity index (χ2n) is 6.93. The average molecular weight is 422 g/mol. The van der Waals surface area contributed by atoms with E-state index in [1.54, 1.807) is 23.5 Å². The van der Waals surface area contributed by atoms with Gasteiger partial charge in [0.2, 0.25) is 10.0 Å². The second-order valence-corrected chi connectivity index (χ2v) is 9.73. The zero-order valence-corrected chi connectivity index (χ0v) is 17.7. The molecule has 0 unspecified atom stereocenters. The number of rotatable bonds is 8. The standard InChI is InChI=1S/C20H27N3O3S2/c1-2-23-13-10-17(11-14-23)22-20(24)16-5-7-19(8-6-16)28(25,26)21-12-9-18-4-3-15-27-18/h3-8,15,17,21H,2,9-14H2,1H3,(H,22,24). The molecular formula is C20H27N3O3S2. The van der Waals surface area contributed by atoms with E-state index in [1.807, 2.05) is 17.5 Å². The van der Waals surface area contributed by atoms with Crippen molar-refractivity contribution in [3.8, 4) is 0 Å². The number of sulfonamides is 1. The van der Waals surface area contributed by atoms with Crippen molar-refractivity contribution in [1.82, 2.24) is 14.9 Å². The van der Waals surface area contributed by atoms with E-state index in [4.69, 9.17) is 0 Å². The summed E-state index contributed by atoms with van der Waals surface area (Å²) in [5, 5.41) is 5.03. The van der Waals surface area contributed by atoms with Crippen molar-refractivity contribution in [2.24, 2.45) is 0 Å². The first-order valence-electron chi connectivity index (χ1n) is 9.63. The highest BCUT2D eigenvalue weighted by atomic mass is 32.2. The molecule has 1 aromatic heterocycles. The van der Waals surface area contributed by atoms with Gasteiger partial charge in [0, 0.05) is 36.1 Å². The second kappa shape index (κ2) is 9.65. The Hall–Kier alpha value is -1.74. The van der Waals surface area contributed by atoms with Crippen molar-refractivity contribution in [3.63, 3.8) is 0 Å². The Kier molecular flexibility index (Phi) is 7.23. The monoisotopic (exact) mass is 421 g/mol. The zero-order valence-electron chi connectivity index (χ0n) is 16.1. The van der Waals surface area contributed by atoms with Crippen molar-refractivity contribution in [1.29, 1.82) is 0 Å². The van der Waals surface area contributed by atoms with Gasteiger partial charge in [0.15, 0.2) is 0 Å². The SMILES string of the molecule is CCN1CCC(NC(=O)c2ccc(S(=O)(=O)NCCc3cccs3)cc2)CC1. The van der Waals surface area contributed by atoms with Crippen LogP contribution in [0.4, 0.5) is 0 Å². The topological polar surface area (TPSA) is 78.5 Å². The molecule has 0 atom stereocenters. The molecule has 6 nitrogen and oxygen atoms in total. The van der Waals surface area contributed by atoms with Gasteiger partial charge in [-0.05, 0) is 61.5 Å². The molecule has 0 bridgehead atoms. The summed E-state index contributed by atoms with van der Waals surface area (Å²) >= 11 is 1.61. The molecule has 0 aliphatic carbocycles. The minimum Gasteiger partial charge on any atom is -0.349 e. The highest BCUT2D eigenvalue weighted by molar-refractivity contribution is 7.89. The van der Waals surface area contributed by atoms with Crippen molar-refractivity contribution in [2.75, 3.05) is 26.2 Å². The molecule has 1 aromatic carbocycles. The van der Waals surface area contributed by atoms with Gasteiger partial charge >= 0.3 is 0 Å². The highest BCUT2D eigenvalue weighted by Gasteiger charge is 2.21. The molecule has 1 amide bonds. The van der Waals surface area contributed by atoms with Crippen molar-refractivity contribution in [2.45, 2.75) is 37.1 Å². The maximum Gasteiger partial charge on any atom is 0.251 e. The number of benzene rings is 1. The van der Waals surface area contributed by atoms with Crippen LogP contribution in [0.25, 0.3) is 0 Å². The zero-order chi connectivity index (χ0) is 20.0. The molecule has 2 heterocycles. The van der Waals surface area contributed by atoms with Crippen LogP contribution in [0.5, 0.6) is 0 Å². The molecule has 2 aromatic rings. The maximum absolute atomic E-state index is 12.4. The van der Waals surface area contributed by atoms with E-state index in [9.17, 15) is 13.2 Å². The summed E-state index contributed by atoms with van der Waals surface area (Å²) in [6.07, 6.45) is 2.55. The number of piperidine rings is 1. The number of hydrogen-bond donors (Lipinski definition) is 2. The fourth-order valence-corrected chi connectivity index (χ4v) is 5.04. The number of carbonyl (C=O) groups is 1. The summed E-state index contributed by atoms with van der Waals surface area (Å²) in [7, 11) is -3.57. The predicted molar refractivity (Wildman–Crippen MR) is 112 cm³/mol. The van der Waals surface area contributed by atoms with Crippen LogP contribution < -0.4 is 10.0 Å². The molecule has 0 radical (unpaired) electrons. The summed E-state index contributed by atoms with van der Waals surface area (Å²) in [5.41, 5.74) is 0.482. The Balaban J connectivity index is 1.52. The van der Waals surface area contributed by atoms with E-state index >= 15 is 0 Å². The van der Waals surface area contributed by atoms with Gasteiger partial charge in [0.1, 0.15) is 0 Å². The average Bonchev–Trinajstić information content (AvgIpc) is 3.22. The first-order chi connectivity index (χ1) is 13.5. The van der Waals surface area contributed by atoms with Crippen LogP contribution in [0.1, 0.15) is 35.0 Å². The summed E-state index contributed by atoms with van der Waals surface area (Å²) in [6, 6.07) is 10.2. The molecule has 0 saturated carbocycles. The van der Waals surface area contributed by atoms with Crippen LogP contribution in [-0.2, 0) is 16.4 Å². The van der Waals surface area contributed by atoms with Gasteiger partial charge in [-0.3, -0.25) is 4.79 Å². The van der Waals surface area contributed by atoms with Crippen LogP contribution in [0.3, 0.4) is 0 Å². The Morgan fingerprint density at radius 3 is 2.50 bits per heavy atom. The lowest BCUT2D eigenvalue weighted by molar-refractivity contribution is 0.0912. The molecule has 1 fully saturated rings. The third-order valence-electron chi connectivity index (χ3n) is 5.04. The summed E-state index contributed by atoms with van der Waals surface area (Å²) in [5.74, 6) is -0.149. The van der Waals surface area contributed by atoms with Crippen LogP contribution >= 0.6 is 11.3 Å². The summed E-state index contributed by atoms with van der Waals surface area (Å²) in [4.78, 5) is 16.1. The Morgan fingerprint density at radius 1 is 1.18 bits per heavy atom. The lowest BCUT2D eigenvalue weighted by Gasteiger charge is -2.31. The van der Waals surface area contributed by atoms with E-state index in [0.29, 0.717) is 18.5 Å². The van der Waals surface area contributed by atoms with Crippen molar-refractivity contribution >= 4 is 27.3 Å². The molecule has 152 valence electrons. The lowest BCUT2D eigenvalue weighted by atomic mass is 10.0. The Labute approximate surface area is 171 Å². The fraction of sp³-hybridized carbons (Fsp3) is 0.450. The Morgan fingerprint density at radius 2 is 1.89 bits per heavy atom. The van der Waals surface area contributed by atoms with E-state index in [2.05, 4.69) is 21.9 Å². The molecule has 28 heavy (non-hydrogen) atoms. The molecule has 3 rings (SSSR count). The number of carbonyl (C=O) groups excluding carboxylic acids is 1. The number of amides is 1. The number of nitrogens with one attached hydrogen (secondary N) is 2. The van der Waals surface area contributed by atoms with Gasteiger partial charge in [-0.15, -0.1) is 11.3 Å². The van der Waals surface area contributed by atoms with Crippen molar-refractivity contribution < 1.29 is 13.2 Å². The van der Waals surface area contributed by atoms with Crippen molar-refractivity contribution in [3.05, 3.63) is 52.2 Å². The first kappa shape index (κ1) is 21.0. The van der Waals surface area contributed by atoms with Crippen LogP contribution in [0, 0.1) is 0 Å². The van der Waals surface area contributed by atoms with E-state index in [0.717, 1.165) is 37.4 Å².